The third-order valence-corrected chi connectivity index (χ3v) is 7.16. The number of hydrogen-bond donors (Lipinski definition) is 2. The minimum absolute atomic E-state index is 0.108. The third-order valence-electron chi connectivity index (χ3n) is 5.90. The van der Waals surface area contributed by atoms with E-state index in [1.165, 1.54) is 12.1 Å². The Hall–Kier alpha value is -3.92. The van der Waals surface area contributed by atoms with Gasteiger partial charge in [0.25, 0.3) is 5.89 Å². The number of aromatic nitrogens is 2. The predicted octanol–water partition coefficient (Wildman–Crippen LogP) is 3.09. The van der Waals surface area contributed by atoms with E-state index in [0.29, 0.717) is 11.7 Å². The molecule has 0 spiro atoms. The van der Waals surface area contributed by atoms with E-state index >= 15 is 0 Å². The molecule has 3 aromatic carbocycles. The van der Waals surface area contributed by atoms with Crippen LogP contribution in [-0.2, 0) is 10.1 Å². The molecule has 0 amide bonds. The van der Waals surface area contributed by atoms with E-state index in [1.807, 2.05) is 29.7 Å². The summed E-state index contributed by atoms with van der Waals surface area (Å²) in [6.07, 6.45) is 1.78. The number of benzene rings is 3. The first-order valence-corrected chi connectivity index (χ1v) is 12.2. The summed E-state index contributed by atoms with van der Waals surface area (Å²) in [5.74, 6) is 1.42. The van der Waals surface area contributed by atoms with Crippen LogP contribution in [0.4, 0.5) is 0 Å². The normalized spacial score (nSPS) is 16.1. The highest BCUT2D eigenvalue weighted by Crippen LogP contribution is 2.31. The van der Waals surface area contributed by atoms with Crippen molar-refractivity contribution in [1.29, 1.82) is 0 Å². The van der Waals surface area contributed by atoms with Gasteiger partial charge >= 0.3 is 16.1 Å². The van der Waals surface area contributed by atoms with Crippen LogP contribution in [0.5, 0.6) is 5.75 Å². The Kier molecular flexibility index (Phi) is 5.45. The molecule has 0 saturated carbocycles. The molecule has 1 aliphatic heterocycles. The summed E-state index contributed by atoms with van der Waals surface area (Å²) in [4.78, 5) is 4.67. The van der Waals surface area contributed by atoms with Gasteiger partial charge in [-0.2, -0.15) is 13.4 Å². The van der Waals surface area contributed by atoms with Crippen LogP contribution in [0.1, 0.15) is 30.3 Å². The number of nitrogens with zero attached hydrogens (tertiary/aromatic N) is 3. The Morgan fingerprint density at radius 2 is 1.79 bits per heavy atom. The predicted molar refractivity (Wildman–Crippen MR) is 127 cm³/mol. The quantitative estimate of drug-likeness (QED) is 0.254. The molecule has 4 N–H and O–H groups in total. The number of guanidine groups is 1. The van der Waals surface area contributed by atoms with Crippen molar-refractivity contribution in [3.8, 4) is 17.1 Å². The fraction of sp³-hybridized carbons (Fsp3) is 0.208. The van der Waals surface area contributed by atoms with Crippen molar-refractivity contribution in [2.75, 3.05) is 6.54 Å². The number of rotatable bonds is 5. The van der Waals surface area contributed by atoms with Crippen LogP contribution in [0.15, 0.2) is 70.1 Å². The lowest BCUT2D eigenvalue weighted by atomic mass is 10.1. The van der Waals surface area contributed by atoms with Crippen molar-refractivity contribution >= 4 is 26.9 Å². The van der Waals surface area contributed by atoms with Crippen molar-refractivity contribution in [2.45, 2.75) is 30.7 Å². The van der Waals surface area contributed by atoms with Gasteiger partial charge in [0.2, 0.25) is 5.82 Å². The number of hydrogen-bond acceptors (Lipinski definition) is 6. The highest BCUT2D eigenvalue weighted by Gasteiger charge is 2.31. The largest absolute Gasteiger partial charge is 0.379 e. The van der Waals surface area contributed by atoms with Gasteiger partial charge in [0, 0.05) is 5.56 Å². The average molecular weight is 479 g/mol. The van der Waals surface area contributed by atoms with Crippen LogP contribution in [0.2, 0.25) is 0 Å². The zero-order valence-electron chi connectivity index (χ0n) is 18.5. The third kappa shape index (κ3) is 4.19. The molecule has 9 nitrogen and oxygen atoms in total. The molecule has 10 heteroatoms. The summed E-state index contributed by atoms with van der Waals surface area (Å²) in [6.45, 7) is 2.65. The molecular formula is C24H24N5O4S+. The van der Waals surface area contributed by atoms with E-state index < -0.39 is 10.1 Å². The smallest absolute Gasteiger partial charge is 0.341 e. The molecule has 174 valence electrons. The molecular weight excluding hydrogens is 454 g/mol. The first-order chi connectivity index (χ1) is 16.3. The lowest BCUT2D eigenvalue weighted by Crippen LogP contribution is -2.35. The highest BCUT2D eigenvalue weighted by atomic mass is 32.2. The highest BCUT2D eigenvalue weighted by molar-refractivity contribution is 7.87. The molecule has 1 atom stereocenters. The van der Waals surface area contributed by atoms with Gasteiger partial charge in [-0.05, 0) is 60.9 Å². The Bertz CT molecular complexity index is 1510. The molecule has 4 aromatic rings. The van der Waals surface area contributed by atoms with E-state index in [4.69, 9.17) is 20.2 Å². The van der Waals surface area contributed by atoms with Crippen LogP contribution in [0, 0.1) is 6.92 Å². The van der Waals surface area contributed by atoms with E-state index in [1.54, 1.807) is 30.3 Å². The summed E-state index contributed by atoms with van der Waals surface area (Å²) in [6, 6.07) is 17.1. The molecule has 0 bridgehead atoms. The fourth-order valence-corrected chi connectivity index (χ4v) is 5.04. The van der Waals surface area contributed by atoms with Gasteiger partial charge in [-0.3, -0.25) is 16.0 Å². The van der Waals surface area contributed by atoms with Crippen LogP contribution in [0.3, 0.4) is 0 Å². The molecule has 34 heavy (non-hydrogen) atoms. The summed E-state index contributed by atoms with van der Waals surface area (Å²) >= 11 is 0. The molecule has 2 heterocycles. The van der Waals surface area contributed by atoms with E-state index in [9.17, 15) is 8.42 Å². The van der Waals surface area contributed by atoms with Gasteiger partial charge in [-0.15, -0.1) is 0 Å². The second-order valence-corrected chi connectivity index (χ2v) is 9.85. The van der Waals surface area contributed by atoms with Gasteiger partial charge in [0.1, 0.15) is 10.6 Å². The molecule has 1 aromatic heterocycles. The van der Waals surface area contributed by atoms with Gasteiger partial charge in [-0.25, -0.2) is 0 Å². The Morgan fingerprint density at radius 3 is 2.56 bits per heavy atom. The van der Waals surface area contributed by atoms with E-state index in [2.05, 4.69) is 10.1 Å². The van der Waals surface area contributed by atoms with E-state index in [-0.39, 0.29) is 22.6 Å². The Labute approximate surface area is 196 Å². The van der Waals surface area contributed by atoms with Crippen molar-refractivity contribution in [2.24, 2.45) is 11.5 Å². The van der Waals surface area contributed by atoms with Crippen LogP contribution >= 0.6 is 0 Å². The maximum absolute atomic E-state index is 12.6. The molecule has 1 aliphatic rings. The minimum atomic E-state index is -3.92. The SMILES string of the molecule is Cc1ccc(S(=O)(=O)Oc2ccc3cc(-c4noc([C@@H]5CCC[N+]5=C(N)N)n4)ccc3c2)cc1. The van der Waals surface area contributed by atoms with Crippen LogP contribution in [-0.4, -0.2) is 35.6 Å². The number of fused-ring (bicyclic) bond motifs is 1. The number of nitrogens with two attached hydrogens (primary N) is 2. The monoisotopic (exact) mass is 478 g/mol. The molecule has 1 saturated heterocycles. The molecule has 5 rings (SSSR count). The summed E-state index contributed by atoms with van der Waals surface area (Å²) < 4.78 is 37.9. The first-order valence-electron chi connectivity index (χ1n) is 10.8. The first kappa shape index (κ1) is 21.9. The second-order valence-electron chi connectivity index (χ2n) is 8.31. The number of aryl methyl sites for hydroxylation is 1. The van der Waals surface area contributed by atoms with Crippen molar-refractivity contribution in [3.05, 3.63) is 72.1 Å². The summed E-state index contributed by atoms with van der Waals surface area (Å²) in [5.41, 5.74) is 13.3. The maximum atomic E-state index is 12.6. The fourth-order valence-electron chi connectivity index (χ4n) is 4.11. The summed E-state index contributed by atoms with van der Waals surface area (Å²) in [5, 5.41) is 5.83. The molecule has 0 aliphatic carbocycles. The Balaban J connectivity index is 1.39. The molecule has 0 radical (unpaired) electrons. The summed E-state index contributed by atoms with van der Waals surface area (Å²) in [7, 11) is -3.92. The standard InChI is InChI=1S/C24H23N5O4S/c1-15-4-10-20(11-5-15)34(30,31)33-19-9-8-16-13-18(7-6-17(16)14-19)22-27-23(32-28-22)21-3-2-12-29(21)24(25)26/h4-11,13-14,21H,2-3,12H2,1H3,(H3,25,26)/p+1/t21-/m0/s1. The van der Waals surface area contributed by atoms with Crippen LogP contribution < -0.4 is 15.7 Å². The van der Waals surface area contributed by atoms with Crippen molar-refractivity contribution in [1.82, 2.24) is 10.1 Å². The zero-order chi connectivity index (χ0) is 23.9. The van der Waals surface area contributed by atoms with E-state index in [0.717, 1.165) is 41.3 Å². The maximum Gasteiger partial charge on any atom is 0.341 e. The lowest BCUT2D eigenvalue weighted by Gasteiger charge is -2.09. The minimum Gasteiger partial charge on any atom is -0.379 e. The van der Waals surface area contributed by atoms with Gasteiger partial charge in [0.05, 0.1) is 6.54 Å². The van der Waals surface area contributed by atoms with Crippen molar-refractivity contribution in [3.63, 3.8) is 0 Å². The Morgan fingerprint density at radius 1 is 1.06 bits per heavy atom. The average Bonchev–Trinajstić information content (AvgIpc) is 3.48. The van der Waals surface area contributed by atoms with Gasteiger partial charge in [0.15, 0.2) is 6.04 Å². The van der Waals surface area contributed by atoms with Gasteiger partial charge < -0.3 is 8.71 Å². The van der Waals surface area contributed by atoms with Crippen molar-refractivity contribution < 1.29 is 21.7 Å². The zero-order valence-corrected chi connectivity index (χ0v) is 19.3. The topological polar surface area (TPSA) is 137 Å². The van der Waals surface area contributed by atoms with Crippen LogP contribution in [0.25, 0.3) is 22.2 Å². The molecule has 0 unspecified atom stereocenters. The molecule has 1 fully saturated rings. The lowest BCUT2D eigenvalue weighted by molar-refractivity contribution is -0.555. The second kappa shape index (κ2) is 8.45. The van der Waals surface area contributed by atoms with Gasteiger partial charge in [-0.1, -0.05) is 41.1 Å².